The summed E-state index contributed by atoms with van der Waals surface area (Å²) in [5.74, 6) is 0.707. The van der Waals surface area contributed by atoms with Crippen LogP contribution in [0.3, 0.4) is 0 Å². The highest BCUT2D eigenvalue weighted by molar-refractivity contribution is 5.85. The highest BCUT2D eigenvalue weighted by Crippen LogP contribution is 2.27. The van der Waals surface area contributed by atoms with Gasteiger partial charge in [0.25, 0.3) is 0 Å². The second kappa shape index (κ2) is 10.1. The zero-order valence-electron chi connectivity index (χ0n) is 14.1. The van der Waals surface area contributed by atoms with Gasteiger partial charge in [-0.3, -0.25) is 4.79 Å². The van der Waals surface area contributed by atoms with Gasteiger partial charge in [0.05, 0.1) is 0 Å². The Morgan fingerprint density at radius 1 is 1.00 bits per heavy atom. The first kappa shape index (κ1) is 21.1. The lowest BCUT2D eigenvalue weighted by Gasteiger charge is -2.25. The van der Waals surface area contributed by atoms with Crippen LogP contribution in [0.1, 0.15) is 32.1 Å². The third-order valence-electron chi connectivity index (χ3n) is 5.12. The van der Waals surface area contributed by atoms with E-state index in [1.54, 1.807) is 0 Å². The van der Waals surface area contributed by atoms with Gasteiger partial charge in [-0.25, -0.2) is 0 Å². The number of hydrogen-bond acceptors (Lipinski definition) is 3. The second-order valence-corrected chi connectivity index (χ2v) is 6.62. The smallest absolute Gasteiger partial charge is 0.222 e. The lowest BCUT2D eigenvalue weighted by atomic mass is 9.99. The second-order valence-electron chi connectivity index (χ2n) is 6.62. The predicted molar refractivity (Wildman–Crippen MR) is 104 cm³/mol. The summed E-state index contributed by atoms with van der Waals surface area (Å²) < 4.78 is 0. The van der Waals surface area contributed by atoms with Crippen LogP contribution in [0.2, 0.25) is 0 Å². The van der Waals surface area contributed by atoms with Crippen LogP contribution in [0.15, 0.2) is 30.3 Å². The van der Waals surface area contributed by atoms with Crippen LogP contribution in [0.25, 0.3) is 0 Å². The van der Waals surface area contributed by atoms with Crippen LogP contribution in [-0.2, 0) is 4.79 Å². The van der Waals surface area contributed by atoms with Crippen molar-refractivity contribution in [3.8, 4) is 0 Å². The summed E-state index contributed by atoms with van der Waals surface area (Å²) >= 11 is 0. The van der Waals surface area contributed by atoms with E-state index in [0.29, 0.717) is 18.2 Å². The number of carbonyl (C=O) groups is 1. The van der Waals surface area contributed by atoms with Crippen molar-refractivity contribution >= 4 is 36.4 Å². The first-order chi connectivity index (χ1) is 10.7. The number of nitrogens with zero attached hydrogens (tertiary/aromatic N) is 2. The monoisotopic (exact) mass is 373 g/mol. The zero-order valence-corrected chi connectivity index (χ0v) is 15.7. The molecule has 0 spiro atoms. The maximum absolute atomic E-state index is 12.5. The molecule has 2 fully saturated rings. The van der Waals surface area contributed by atoms with Crippen LogP contribution in [0.4, 0.5) is 5.69 Å². The number of carbonyl (C=O) groups excluding carboxylic acids is 1. The van der Waals surface area contributed by atoms with Gasteiger partial charge < -0.3 is 15.5 Å². The fraction of sp³-hybridized carbons (Fsp3) is 0.611. The molecule has 1 heterocycles. The summed E-state index contributed by atoms with van der Waals surface area (Å²) in [6.45, 7) is 3.66. The Morgan fingerprint density at radius 2 is 1.75 bits per heavy atom. The van der Waals surface area contributed by atoms with Gasteiger partial charge in [-0.1, -0.05) is 24.6 Å². The number of para-hydroxylation sites is 1. The molecule has 136 valence electrons. The van der Waals surface area contributed by atoms with Crippen LogP contribution in [-0.4, -0.2) is 43.0 Å². The topological polar surface area (TPSA) is 49.6 Å². The molecule has 0 bridgehead atoms. The fourth-order valence-electron chi connectivity index (χ4n) is 3.74. The molecule has 1 aliphatic heterocycles. The molecule has 3 rings (SSSR count). The molecule has 1 saturated carbocycles. The summed E-state index contributed by atoms with van der Waals surface area (Å²) in [6.07, 6.45) is 5.07. The molecule has 24 heavy (non-hydrogen) atoms. The summed E-state index contributed by atoms with van der Waals surface area (Å²) in [5.41, 5.74) is 7.37. The minimum absolute atomic E-state index is 0. The molecule has 1 saturated heterocycles. The van der Waals surface area contributed by atoms with E-state index in [1.165, 1.54) is 12.1 Å². The molecule has 4 nitrogen and oxygen atoms in total. The van der Waals surface area contributed by atoms with Crippen LogP contribution >= 0.6 is 24.8 Å². The summed E-state index contributed by atoms with van der Waals surface area (Å²) in [6, 6.07) is 10.7. The maximum Gasteiger partial charge on any atom is 0.222 e. The van der Waals surface area contributed by atoms with Crippen LogP contribution in [0, 0.1) is 5.92 Å². The predicted octanol–water partition coefficient (Wildman–Crippen LogP) is 3.09. The molecule has 0 radical (unpaired) electrons. The van der Waals surface area contributed by atoms with E-state index < -0.39 is 0 Å². The molecule has 2 aliphatic rings. The third-order valence-corrected chi connectivity index (χ3v) is 5.12. The summed E-state index contributed by atoms with van der Waals surface area (Å²) in [5, 5.41) is 0. The summed E-state index contributed by atoms with van der Waals surface area (Å²) in [7, 11) is 0. The lowest BCUT2D eigenvalue weighted by Crippen LogP contribution is -2.37. The molecular weight excluding hydrogens is 345 g/mol. The van der Waals surface area contributed by atoms with E-state index in [-0.39, 0.29) is 30.9 Å². The number of halogens is 2. The van der Waals surface area contributed by atoms with Gasteiger partial charge in [0.2, 0.25) is 5.91 Å². The van der Waals surface area contributed by atoms with Gasteiger partial charge in [0, 0.05) is 44.3 Å². The van der Waals surface area contributed by atoms with Crippen molar-refractivity contribution in [1.82, 2.24) is 4.90 Å². The van der Waals surface area contributed by atoms with Crippen LogP contribution < -0.4 is 10.6 Å². The minimum atomic E-state index is 0. The SMILES string of the molecule is Cl.Cl.N[C@@H]1CCC[C@H]1CC(=O)N1CCCN(c2ccccc2)CC1. The first-order valence-corrected chi connectivity index (χ1v) is 8.57. The largest absolute Gasteiger partial charge is 0.370 e. The van der Waals surface area contributed by atoms with Crippen molar-refractivity contribution in [3.63, 3.8) is 0 Å². The lowest BCUT2D eigenvalue weighted by molar-refractivity contribution is -0.132. The van der Waals surface area contributed by atoms with E-state index in [1.807, 2.05) is 11.0 Å². The number of rotatable bonds is 3. The Labute approximate surface area is 157 Å². The normalized spacial score (nSPS) is 23.9. The van der Waals surface area contributed by atoms with Gasteiger partial charge in [-0.15, -0.1) is 24.8 Å². The van der Waals surface area contributed by atoms with Crippen molar-refractivity contribution in [1.29, 1.82) is 0 Å². The molecule has 1 amide bonds. The van der Waals surface area contributed by atoms with E-state index in [9.17, 15) is 4.79 Å². The van der Waals surface area contributed by atoms with Crippen molar-refractivity contribution in [2.24, 2.45) is 11.7 Å². The van der Waals surface area contributed by atoms with E-state index >= 15 is 0 Å². The highest BCUT2D eigenvalue weighted by atomic mass is 35.5. The summed E-state index contributed by atoms with van der Waals surface area (Å²) in [4.78, 5) is 17.0. The Balaban J connectivity index is 0.00000144. The average Bonchev–Trinajstić information content (AvgIpc) is 2.80. The average molecular weight is 374 g/mol. The number of amides is 1. The molecule has 0 unspecified atom stereocenters. The minimum Gasteiger partial charge on any atom is -0.370 e. The molecule has 0 aromatic heterocycles. The zero-order chi connectivity index (χ0) is 15.4. The van der Waals surface area contributed by atoms with E-state index in [2.05, 4.69) is 29.2 Å². The number of benzene rings is 1. The maximum atomic E-state index is 12.5. The van der Waals surface area contributed by atoms with Gasteiger partial charge in [-0.2, -0.15) is 0 Å². The molecule has 2 atom stereocenters. The number of hydrogen-bond donors (Lipinski definition) is 1. The Morgan fingerprint density at radius 3 is 2.42 bits per heavy atom. The van der Waals surface area contributed by atoms with Crippen molar-refractivity contribution in [2.75, 3.05) is 31.1 Å². The molecule has 1 aliphatic carbocycles. The number of nitrogens with two attached hydrogens (primary N) is 1. The van der Waals surface area contributed by atoms with E-state index in [4.69, 9.17) is 5.73 Å². The molecule has 2 N–H and O–H groups in total. The first-order valence-electron chi connectivity index (χ1n) is 8.57. The van der Waals surface area contributed by atoms with Crippen molar-refractivity contribution < 1.29 is 4.79 Å². The standard InChI is InChI=1S/C18H27N3O.2ClH/c19-17-9-4-6-15(17)14-18(22)21-11-5-10-20(12-13-21)16-7-2-1-3-8-16;;/h1-3,7-8,15,17H,4-6,9-14,19H2;2*1H/t15-,17+;;/m0../s1. The molecule has 6 heteroatoms. The Hall–Kier alpha value is -0.970. The van der Waals surface area contributed by atoms with Gasteiger partial charge >= 0.3 is 0 Å². The Kier molecular flexibility index (Phi) is 8.88. The Bertz CT molecular complexity index is 500. The van der Waals surface area contributed by atoms with Crippen molar-refractivity contribution in [3.05, 3.63) is 30.3 Å². The van der Waals surface area contributed by atoms with Gasteiger partial charge in [-0.05, 0) is 37.3 Å². The van der Waals surface area contributed by atoms with Crippen LogP contribution in [0.5, 0.6) is 0 Å². The number of anilines is 1. The third kappa shape index (κ3) is 5.27. The van der Waals surface area contributed by atoms with Gasteiger partial charge in [0.1, 0.15) is 0 Å². The molecule has 1 aromatic rings. The highest BCUT2D eigenvalue weighted by Gasteiger charge is 2.28. The van der Waals surface area contributed by atoms with E-state index in [0.717, 1.165) is 45.4 Å². The van der Waals surface area contributed by atoms with Crippen molar-refractivity contribution in [2.45, 2.75) is 38.1 Å². The quantitative estimate of drug-likeness (QED) is 0.885. The molecular formula is C18H29Cl2N3O. The molecule has 1 aromatic carbocycles. The fourth-order valence-corrected chi connectivity index (χ4v) is 3.74. The van der Waals surface area contributed by atoms with Gasteiger partial charge in [0.15, 0.2) is 0 Å².